The number of rotatable bonds is 6. The number of halogens is 2. The number of likely N-dealkylation sites (N-methyl/N-ethyl adjacent to an activating group) is 1. The predicted octanol–water partition coefficient (Wildman–Crippen LogP) is 4.84. The van der Waals surface area contributed by atoms with Crippen molar-refractivity contribution >= 4 is 23.2 Å². The van der Waals surface area contributed by atoms with Gasteiger partial charge in [0.05, 0.1) is 21.8 Å². The van der Waals surface area contributed by atoms with Crippen LogP contribution in [0.3, 0.4) is 0 Å². The van der Waals surface area contributed by atoms with E-state index in [0.29, 0.717) is 10.0 Å². The van der Waals surface area contributed by atoms with Crippen LogP contribution in [0.2, 0.25) is 10.0 Å². The summed E-state index contributed by atoms with van der Waals surface area (Å²) in [6.07, 6.45) is 3.59. The van der Waals surface area contributed by atoms with E-state index in [1.807, 2.05) is 30.5 Å². The summed E-state index contributed by atoms with van der Waals surface area (Å²) < 4.78 is 0. The molecule has 1 aromatic carbocycles. The lowest BCUT2D eigenvalue weighted by molar-refractivity contribution is 0.532. The summed E-state index contributed by atoms with van der Waals surface area (Å²) in [7, 11) is 0. The Bertz CT molecular complexity index is 599. The van der Waals surface area contributed by atoms with Crippen LogP contribution in [0.25, 0.3) is 0 Å². The van der Waals surface area contributed by atoms with Crippen LogP contribution < -0.4 is 5.32 Å². The maximum Gasteiger partial charge on any atom is 0.0625 e. The van der Waals surface area contributed by atoms with Gasteiger partial charge in [-0.15, -0.1) is 0 Å². The summed E-state index contributed by atoms with van der Waals surface area (Å²) in [5.41, 5.74) is 3.40. The monoisotopic (exact) mass is 322 g/mol. The minimum absolute atomic E-state index is 0.141. The molecule has 1 aromatic heterocycles. The highest BCUT2D eigenvalue weighted by Gasteiger charge is 2.17. The molecule has 112 valence electrons. The lowest BCUT2D eigenvalue weighted by Gasteiger charge is -2.21. The Morgan fingerprint density at radius 1 is 1.10 bits per heavy atom. The largest absolute Gasteiger partial charge is 0.309 e. The molecule has 0 amide bonds. The molecule has 0 aliphatic carbocycles. The van der Waals surface area contributed by atoms with E-state index in [9.17, 15) is 0 Å². The Kier molecular flexibility index (Phi) is 6.04. The molecule has 1 unspecified atom stereocenters. The van der Waals surface area contributed by atoms with Gasteiger partial charge in [0.1, 0.15) is 0 Å². The topological polar surface area (TPSA) is 24.9 Å². The number of hydrogen-bond donors (Lipinski definition) is 1. The van der Waals surface area contributed by atoms with Crippen molar-refractivity contribution in [3.63, 3.8) is 0 Å². The molecule has 1 atom stereocenters. The molecule has 2 nitrogen and oxygen atoms in total. The van der Waals surface area contributed by atoms with Gasteiger partial charge in [0.15, 0.2) is 0 Å². The molecule has 21 heavy (non-hydrogen) atoms. The Hall–Kier alpha value is -1.09. The van der Waals surface area contributed by atoms with Crippen LogP contribution in [0.4, 0.5) is 0 Å². The number of aromatic nitrogens is 1. The molecule has 0 spiro atoms. The molecule has 2 aromatic rings. The molecule has 0 aliphatic heterocycles. The van der Waals surface area contributed by atoms with Crippen LogP contribution in [-0.4, -0.2) is 11.5 Å². The summed E-state index contributed by atoms with van der Waals surface area (Å²) in [6.45, 7) is 5.12. The first kappa shape index (κ1) is 16.3. The number of hydrogen-bond acceptors (Lipinski definition) is 2. The second-order valence-corrected chi connectivity index (χ2v) is 5.71. The van der Waals surface area contributed by atoms with E-state index in [1.54, 1.807) is 0 Å². The summed E-state index contributed by atoms with van der Waals surface area (Å²) in [4.78, 5) is 4.58. The molecule has 0 fully saturated rings. The van der Waals surface area contributed by atoms with Gasteiger partial charge in [0, 0.05) is 6.20 Å². The van der Waals surface area contributed by atoms with Gasteiger partial charge in [0.2, 0.25) is 0 Å². The Morgan fingerprint density at radius 2 is 1.86 bits per heavy atom. The van der Waals surface area contributed by atoms with E-state index in [4.69, 9.17) is 23.2 Å². The maximum atomic E-state index is 6.32. The normalized spacial score (nSPS) is 12.4. The third-order valence-corrected chi connectivity index (χ3v) is 4.40. The van der Waals surface area contributed by atoms with E-state index in [0.717, 1.165) is 30.6 Å². The van der Waals surface area contributed by atoms with E-state index >= 15 is 0 Å². The van der Waals surface area contributed by atoms with Gasteiger partial charge >= 0.3 is 0 Å². The van der Waals surface area contributed by atoms with Gasteiger partial charge in [-0.25, -0.2) is 0 Å². The van der Waals surface area contributed by atoms with Crippen LogP contribution >= 0.6 is 23.2 Å². The molecule has 0 radical (unpaired) electrons. The smallest absolute Gasteiger partial charge is 0.0625 e. The predicted molar refractivity (Wildman–Crippen MR) is 90.2 cm³/mol. The van der Waals surface area contributed by atoms with Gasteiger partial charge < -0.3 is 5.32 Å². The lowest BCUT2D eigenvalue weighted by atomic mass is 9.98. The molecule has 0 saturated heterocycles. The first-order valence-corrected chi connectivity index (χ1v) is 8.03. The van der Waals surface area contributed by atoms with Crippen LogP contribution in [0, 0.1) is 0 Å². The Morgan fingerprint density at radius 3 is 2.57 bits per heavy atom. The summed E-state index contributed by atoms with van der Waals surface area (Å²) in [5.74, 6) is 0. The fourth-order valence-electron chi connectivity index (χ4n) is 2.50. The fraction of sp³-hybridized carbons (Fsp3) is 0.353. The molecule has 2 rings (SSSR count). The standard InChI is InChI=1S/C17H20Cl2N2/c1-3-12-8-6-10-21-17(12)15(20-4-2)11-13-7-5-9-14(18)16(13)19/h5-10,15,20H,3-4,11H2,1-2H3. The van der Waals surface area contributed by atoms with Gasteiger partial charge in [-0.05, 0) is 42.6 Å². The molecule has 0 bridgehead atoms. The highest BCUT2D eigenvalue weighted by atomic mass is 35.5. The fourth-order valence-corrected chi connectivity index (χ4v) is 2.90. The van der Waals surface area contributed by atoms with Crippen LogP contribution in [0.1, 0.15) is 36.7 Å². The van der Waals surface area contributed by atoms with Gasteiger partial charge in [-0.3, -0.25) is 4.98 Å². The third kappa shape index (κ3) is 3.97. The zero-order valence-corrected chi connectivity index (χ0v) is 13.9. The molecular formula is C17H20Cl2N2. The lowest BCUT2D eigenvalue weighted by Crippen LogP contribution is -2.25. The molecule has 0 aliphatic rings. The number of nitrogens with one attached hydrogen (secondary N) is 1. The van der Waals surface area contributed by atoms with Crippen LogP contribution in [0.5, 0.6) is 0 Å². The summed E-state index contributed by atoms with van der Waals surface area (Å²) in [6, 6.07) is 10.0. The second kappa shape index (κ2) is 7.79. The van der Waals surface area contributed by atoms with E-state index < -0.39 is 0 Å². The van der Waals surface area contributed by atoms with Crippen molar-refractivity contribution < 1.29 is 0 Å². The quantitative estimate of drug-likeness (QED) is 0.822. The first-order chi connectivity index (χ1) is 10.2. The molecule has 1 heterocycles. The average Bonchev–Trinajstić information content (AvgIpc) is 2.51. The van der Waals surface area contributed by atoms with Crippen molar-refractivity contribution in [1.29, 1.82) is 0 Å². The van der Waals surface area contributed by atoms with E-state index in [-0.39, 0.29) is 6.04 Å². The zero-order valence-electron chi connectivity index (χ0n) is 12.4. The number of benzene rings is 1. The third-order valence-electron chi connectivity index (χ3n) is 3.54. The molecule has 0 saturated carbocycles. The van der Waals surface area contributed by atoms with Gasteiger partial charge in [-0.2, -0.15) is 0 Å². The Balaban J connectivity index is 2.33. The maximum absolute atomic E-state index is 6.32. The highest BCUT2D eigenvalue weighted by molar-refractivity contribution is 6.42. The van der Waals surface area contributed by atoms with Crippen molar-refractivity contribution in [1.82, 2.24) is 10.3 Å². The van der Waals surface area contributed by atoms with E-state index in [2.05, 4.69) is 30.2 Å². The van der Waals surface area contributed by atoms with Gasteiger partial charge in [0.25, 0.3) is 0 Å². The number of pyridine rings is 1. The summed E-state index contributed by atoms with van der Waals surface area (Å²) in [5, 5.41) is 4.74. The van der Waals surface area contributed by atoms with Crippen molar-refractivity contribution in [3.8, 4) is 0 Å². The second-order valence-electron chi connectivity index (χ2n) is 4.93. The molecule has 1 N–H and O–H groups in total. The van der Waals surface area contributed by atoms with E-state index in [1.165, 1.54) is 5.56 Å². The zero-order chi connectivity index (χ0) is 15.2. The minimum Gasteiger partial charge on any atom is -0.309 e. The van der Waals surface area contributed by atoms with Crippen molar-refractivity contribution in [2.75, 3.05) is 6.54 Å². The minimum atomic E-state index is 0.141. The number of nitrogens with zero attached hydrogens (tertiary/aromatic N) is 1. The van der Waals surface area contributed by atoms with Crippen molar-refractivity contribution in [3.05, 3.63) is 63.4 Å². The molecule has 4 heteroatoms. The highest BCUT2D eigenvalue weighted by Crippen LogP contribution is 2.29. The van der Waals surface area contributed by atoms with Crippen molar-refractivity contribution in [2.24, 2.45) is 0 Å². The Labute approximate surface area is 136 Å². The first-order valence-electron chi connectivity index (χ1n) is 7.27. The molecular weight excluding hydrogens is 303 g/mol. The van der Waals surface area contributed by atoms with Crippen molar-refractivity contribution in [2.45, 2.75) is 32.7 Å². The van der Waals surface area contributed by atoms with Crippen LogP contribution in [-0.2, 0) is 12.8 Å². The average molecular weight is 323 g/mol. The SMILES string of the molecule is CCNC(Cc1cccc(Cl)c1Cl)c1ncccc1CC. The summed E-state index contributed by atoms with van der Waals surface area (Å²) >= 11 is 12.4. The van der Waals surface area contributed by atoms with Gasteiger partial charge in [-0.1, -0.05) is 55.2 Å². The number of aryl methyl sites for hydroxylation is 1. The van der Waals surface area contributed by atoms with Crippen LogP contribution in [0.15, 0.2) is 36.5 Å².